The van der Waals surface area contributed by atoms with Gasteiger partial charge in [-0.15, -0.1) is 0 Å². The van der Waals surface area contributed by atoms with Gasteiger partial charge in [0.1, 0.15) is 11.5 Å². The van der Waals surface area contributed by atoms with E-state index in [9.17, 15) is 4.79 Å². The first kappa shape index (κ1) is 15.2. The van der Waals surface area contributed by atoms with E-state index in [0.717, 1.165) is 51.0 Å². The van der Waals surface area contributed by atoms with Crippen molar-refractivity contribution in [2.75, 3.05) is 51.2 Å². The number of carbonyl (C=O) groups is 1. The van der Waals surface area contributed by atoms with Crippen LogP contribution in [0.1, 0.15) is 30.3 Å². The minimum Gasteiger partial charge on any atom is -0.355 e. The fourth-order valence-corrected chi connectivity index (χ4v) is 3.00. The van der Waals surface area contributed by atoms with Gasteiger partial charge in [-0.25, -0.2) is 9.97 Å². The summed E-state index contributed by atoms with van der Waals surface area (Å²) in [6, 6.07) is 0. The molecule has 22 heavy (non-hydrogen) atoms. The highest BCUT2D eigenvalue weighted by Crippen LogP contribution is 2.20. The largest absolute Gasteiger partial charge is 0.355 e. The number of amides is 1. The number of hydrogen-bond acceptors (Lipinski definition) is 5. The highest BCUT2D eigenvalue weighted by molar-refractivity contribution is 5.92. The molecule has 6 nitrogen and oxygen atoms in total. The van der Waals surface area contributed by atoms with Crippen LogP contribution in [0.2, 0.25) is 0 Å². The van der Waals surface area contributed by atoms with Gasteiger partial charge in [-0.3, -0.25) is 4.79 Å². The van der Waals surface area contributed by atoms with E-state index in [1.54, 1.807) is 12.4 Å². The molecule has 0 unspecified atom stereocenters. The molecule has 0 N–H and O–H groups in total. The third kappa shape index (κ3) is 3.38. The van der Waals surface area contributed by atoms with Crippen LogP contribution in [0.5, 0.6) is 0 Å². The van der Waals surface area contributed by atoms with Crippen LogP contribution < -0.4 is 4.90 Å². The van der Waals surface area contributed by atoms with Crippen molar-refractivity contribution < 1.29 is 4.79 Å². The summed E-state index contributed by atoms with van der Waals surface area (Å²) in [7, 11) is 2.08. The van der Waals surface area contributed by atoms with Gasteiger partial charge in [0.15, 0.2) is 0 Å². The molecule has 1 amide bonds. The Morgan fingerprint density at radius 3 is 2.32 bits per heavy atom. The van der Waals surface area contributed by atoms with E-state index in [2.05, 4.69) is 33.7 Å². The lowest BCUT2D eigenvalue weighted by Gasteiger charge is -2.32. The smallest absolute Gasteiger partial charge is 0.274 e. The summed E-state index contributed by atoms with van der Waals surface area (Å²) in [5.41, 5.74) is 0.457. The highest BCUT2D eigenvalue weighted by atomic mass is 16.2. The van der Waals surface area contributed by atoms with E-state index in [1.807, 2.05) is 4.90 Å². The predicted molar refractivity (Wildman–Crippen MR) is 86.0 cm³/mol. The molecule has 0 aromatic carbocycles. The summed E-state index contributed by atoms with van der Waals surface area (Å²) in [6.45, 7) is 7.72. The van der Waals surface area contributed by atoms with Crippen molar-refractivity contribution in [3.8, 4) is 0 Å². The predicted octanol–water partition coefficient (Wildman–Crippen LogP) is 1.10. The molecule has 0 atom stereocenters. The number of likely N-dealkylation sites (N-methyl/N-ethyl adjacent to an activating group) is 1. The van der Waals surface area contributed by atoms with E-state index in [0.29, 0.717) is 5.69 Å². The lowest BCUT2D eigenvalue weighted by atomic mass is 9.99. The Bertz CT molecular complexity index is 502. The van der Waals surface area contributed by atoms with Crippen molar-refractivity contribution in [2.45, 2.75) is 19.8 Å². The van der Waals surface area contributed by atoms with Gasteiger partial charge in [-0.05, 0) is 25.8 Å². The summed E-state index contributed by atoms with van der Waals surface area (Å²) in [4.78, 5) is 27.6. The van der Waals surface area contributed by atoms with Crippen LogP contribution in [0.15, 0.2) is 12.4 Å². The normalized spacial score (nSPS) is 21.2. The molecule has 2 fully saturated rings. The second kappa shape index (κ2) is 6.60. The zero-order valence-electron chi connectivity index (χ0n) is 13.5. The molecule has 120 valence electrons. The Kier molecular flexibility index (Phi) is 4.57. The Balaban J connectivity index is 1.62. The molecule has 2 aliphatic rings. The van der Waals surface area contributed by atoms with Gasteiger partial charge >= 0.3 is 0 Å². The van der Waals surface area contributed by atoms with Crippen molar-refractivity contribution in [2.24, 2.45) is 5.92 Å². The highest BCUT2D eigenvalue weighted by Gasteiger charge is 2.22. The van der Waals surface area contributed by atoms with Crippen LogP contribution >= 0.6 is 0 Å². The molecule has 2 aliphatic heterocycles. The number of carbonyl (C=O) groups excluding carboxylic acids is 1. The maximum absolute atomic E-state index is 12.4. The van der Waals surface area contributed by atoms with Crippen molar-refractivity contribution in [3.05, 3.63) is 18.1 Å². The molecule has 6 heteroatoms. The first-order valence-electron chi connectivity index (χ1n) is 8.18. The standard InChI is InChI=1S/C16H25N5O/c1-13-3-5-20(6-4-13)15-12-17-14(11-18-15)16(22)21-9-7-19(2)8-10-21/h11-13H,3-10H2,1-2H3. The molecule has 0 spiro atoms. The summed E-state index contributed by atoms with van der Waals surface area (Å²) in [6.07, 6.45) is 5.78. The topological polar surface area (TPSA) is 52.6 Å². The van der Waals surface area contributed by atoms with Crippen LogP contribution in [0.3, 0.4) is 0 Å². The Morgan fingerprint density at radius 1 is 1.05 bits per heavy atom. The summed E-state index contributed by atoms with van der Waals surface area (Å²) in [5.74, 6) is 1.68. The average Bonchev–Trinajstić information content (AvgIpc) is 2.56. The second-order valence-corrected chi connectivity index (χ2v) is 6.52. The first-order valence-corrected chi connectivity index (χ1v) is 8.18. The van der Waals surface area contributed by atoms with Crippen molar-refractivity contribution in [1.82, 2.24) is 19.8 Å². The van der Waals surface area contributed by atoms with E-state index < -0.39 is 0 Å². The monoisotopic (exact) mass is 303 g/mol. The van der Waals surface area contributed by atoms with E-state index in [-0.39, 0.29) is 5.91 Å². The maximum Gasteiger partial charge on any atom is 0.274 e. The number of rotatable bonds is 2. The Labute approximate surface area is 132 Å². The molecule has 0 bridgehead atoms. The molecule has 0 radical (unpaired) electrons. The second-order valence-electron chi connectivity index (χ2n) is 6.52. The van der Waals surface area contributed by atoms with Gasteiger partial charge in [0.2, 0.25) is 0 Å². The van der Waals surface area contributed by atoms with Crippen LogP contribution in [-0.2, 0) is 0 Å². The van der Waals surface area contributed by atoms with E-state index >= 15 is 0 Å². The molecule has 0 aliphatic carbocycles. The molecule has 3 rings (SSSR count). The van der Waals surface area contributed by atoms with Crippen molar-refractivity contribution >= 4 is 11.7 Å². The van der Waals surface area contributed by atoms with Crippen molar-refractivity contribution in [3.63, 3.8) is 0 Å². The van der Waals surface area contributed by atoms with Crippen LogP contribution in [0.4, 0.5) is 5.82 Å². The molecule has 0 saturated carbocycles. The minimum atomic E-state index is -0.000540. The summed E-state index contributed by atoms with van der Waals surface area (Å²) >= 11 is 0. The SMILES string of the molecule is CC1CCN(c2cnc(C(=O)N3CCN(C)CC3)cn2)CC1. The lowest BCUT2D eigenvalue weighted by molar-refractivity contribution is 0.0658. The average molecular weight is 303 g/mol. The number of hydrogen-bond donors (Lipinski definition) is 0. The fourth-order valence-electron chi connectivity index (χ4n) is 3.00. The lowest BCUT2D eigenvalue weighted by Crippen LogP contribution is -2.47. The number of piperazine rings is 1. The van der Waals surface area contributed by atoms with E-state index in [4.69, 9.17) is 0 Å². The van der Waals surface area contributed by atoms with Gasteiger partial charge in [-0.2, -0.15) is 0 Å². The zero-order chi connectivity index (χ0) is 15.5. The Morgan fingerprint density at radius 2 is 1.73 bits per heavy atom. The number of piperidine rings is 1. The van der Waals surface area contributed by atoms with Gasteiger partial charge in [0.05, 0.1) is 12.4 Å². The van der Waals surface area contributed by atoms with Gasteiger partial charge in [0, 0.05) is 39.3 Å². The molecule has 1 aromatic heterocycles. The number of nitrogens with zero attached hydrogens (tertiary/aromatic N) is 5. The van der Waals surface area contributed by atoms with E-state index in [1.165, 1.54) is 12.8 Å². The number of anilines is 1. The molecule has 2 saturated heterocycles. The first-order chi connectivity index (χ1) is 10.6. The minimum absolute atomic E-state index is 0.000540. The molecular weight excluding hydrogens is 278 g/mol. The molecule has 1 aromatic rings. The van der Waals surface area contributed by atoms with Crippen LogP contribution in [0.25, 0.3) is 0 Å². The molecule has 3 heterocycles. The van der Waals surface area contributed by atoms with Gasteiger partial charge in [0.25, 0.3) is 5.91 Å². The Hall–Kier alpha value is -1.69. The zero-order valence-corrected chi connectivity index (χ0v) is 13.5. The molecular formula is C16H25N5O. The summed E-state index contributed by atoms with van der Waals surface area (Å²) < 4.78 is 0. The van der Waals surface area contributed by atoms with Crippen LogP contribution in [0, 0.1) is 5.92 Å². The number of aromatic nitrogens is 2. The van der Waals surface area contributed by atoms with Gasteiger partial charge < -0.3 is 14.7 Å². The van der Waals surface area contributed by atoms with Crippen molar-refractivity contribution in [1.29, 1.82) is 0 Å². The van der Waals surface area contributed by atoms with Gasteiger partial charge in [-0.1, -0.05) is 6.92 Å². The third-order valence-electron chi connectivity index (χ3n) is 4.76. The third-order valence-corrected chi connectivity index (χ3v) is 4.76. The fraction of sp³-hybridized carbons (Fsp3) is 0.688. The summed E-state index contributed by atoms with van der Waals surface area (Å²) in [5, 5.41) is 0. The maximum atomic E-state index is 12.4. The quantitative estimate of drug-likeness (QED) is 0.819. The van der Waals surface area contributed by atoms with Crippen LogP contribution in [-0.4, -0.2) is 72.0 Å².